The van der Waals surface area contributed by atoms with Crippen LogP contribution in [0.1, 0.15) is 12.7 Å². The van der Waals surface area contributed by atoms with Crippen LogP contribution in [0.15, 0.2) is 15.6 Å². The number of carbonyl (C=O) groups is 1. The van der Waals surface area contributed by atoms with Gasteiger partial charge in [-0.1, -0.05) is 30.0 Å². The van der Waals surface area contributed by atoms with Crippen LogP contribution in [-0.2, 0) is 21.2 Å². The van der Waals surface area contributed by atoms with Crippen LogP contribution < -0.4 is 4.72 Å². The number of carboxylic acids is 1. The van der Waals surface area contributed by atoms with Gasteiger partial charge in [0.15, 0.2) is 9.37 Å². The van der Waals surface area contributed by atoms with Crippen LogP contribution in [0.5, 0.6) is 0 Å². The second-order valence-corrected chi connectivity index (χ2v) is 7.56. The molecule has 0 fully saturated rings. The van der Waals surface area contributed by atoms with E-state index < -0.39 is 16.0 Å². The molecule has 2 heterocycles. The molecule has 0 atom stereocenters. The first-order valence-corrected chi connectivity index (χ1v) is 8.94. The summed E-state index contributed by atoms with van der Waals surface area (Å²) in [5.41, 5.74) is 0. The summed E-state index contributed by atoms with van der Waals surface area (Å²) in [4.78, 5) is 17.0. The van der Waals surface area contributed by atoms with Crippen LogP contribution in [0, 0.1) is 0 Å². The quantitative estimate of drug-likeness (QED) is 0.624. The van der Waals surface area contributed by atoms with Gasteiger partial charge in [0, 0.05) is 6.42 Å². The number of aliphatic carboxylic acids is 1. The second-order valence-electron chi connectivity index (χ2n) is 3.71. The number of aryl methyl sites for hydroxylation is 1. The maximum absolute atomic E-state index is 12.1. The van der Waals surface area contributed by atoms with Crippen LogP contribution in [-0.4, -0.2) is 45.4 Å². The zero-order chi connectivity index (χ0) is 15.5. The Morgan fingerprint density at radius 1 is 1.52 bits per heavy atom. The molecule has 21 heavy (non-hydrogen) atoms. The summed E-state index contributed by atoms with van der Waals surface area (Å²) < 4.78 is 26.8. The number of rotatable bonds is 7. The van der Waals surface area contributed by atoms with E-state index in [0.717, 1.165) is 23.1 Å². The molecule has 0 saturated heterocycles. The first-order chi connectivity index (χ1) is 9.90. The predicted molar refractivity (Wildman–Crippen MR) is 77.0 cm³/mol. The van der Waals surface area contributed by atoms with Crippen molar-refractivity contribution < 1.29 is 18.3 Å². The third-order valence-electron chi connectivity index (χ3n) is 2.18. The maximum Gasteiger partial charge on any atom is 0.313 e. The van der Waals surface area contributed by atoms with E-state index in [9.17, 15) is 13.2 Å². The molecule has 0 spiro atoms. The molecular weight excluding hydrogens is 338 g/mol. The number of H-pyrrole nitrogens is 1. The van der Waals surface area contributed by atoms with E-state index in [-0.39, 0.29) is 15.9 Å². The fraction of sp³-hybridized carbons (Fsp3) is 0.333. The minimum absolute atomic E-state index is 0.0608. The van der Waals surface area contributed by atoms with E-state index in [1.54, 1.807) is 0 Å². The number of aromatic nitrogens is 4. The lowest BCUT2D eigenvalue weighted by molar-refractivity contribution is -0.133. The van der Waals surface area contributed by atoms with Crippen LogP contribution in [0.3, 0.4) is 0 Å². The number of hydrogen-bond acceptors (Lipinski definition) is 8. The Morgan fingerprint density at radius 3 is 2.90 bits per heavy atom. The third-order valence-corrected chi connectivity index (χ3v) is 5.51. The maximum atomic E-state index is 12.1. The summed E-state index contributed by atoms with van der Waals surface area (Å²) in [6.07, 6.45) is 1.81. The lowest BCUT2D eigenvalue weighted by atomic mass is 10.5. The highest BCUT2D eigenvalue weighted by atomic mass is 32.2. The summed E-state index contributed by atoms with van der Waals surface area (Å²) >= 11 is 1.93. The Labute approximate surface area is 128 Å². The van der Waals surface area contributed by atoms with Crippen molar-refractivity contribution in [3.8, 4) is 0 Å². The average molecular weight is 349 g/mol. The standard InChI is InChI=1S/C9H11N5O4S3/c1-2-5-10-3-6(11-5)21(17,18)14-8-12-13-9(20-8)19-4-7(15)16/h3H,2,4H2,1H3,(H,10,11)(H,12,14)(H,15,16). The van der Waals surface area contributed by atoms with Gasteiger partial charge in [0.05, 0.1) is 11.9 Å². The fourth-order valence-corrected chi connectivity index (χ4v) is 3.91. The van der Waals surface area contributed by atoms with Crippen molar-refractivity contribution >= 4 is 44.2 Å². The number of sulfonamides is 1. The van der Waals surface area contributed by atoms with E-state index in [1.165, 1.54) is 6.20 Å². The molecule has 114 valence electrons. The minimum Gasteiger partial charge on any atom is -0.481 e. The molecule has 0 aliphatic carbocycles. The Balaban J connectivity index is 2.08. The van der Waals surface area contributed by atoms with Gasteiger partial charge >= 0.3 is 5.97 Å². The summed E-state index contributed by atoms with van der Waals surface area (Å²) in [5, 5.41) is 15.9. The molecule has 9 nitrogen and oxygen atoms in total. The molecule has 2 rings (SSSR count). The summed E-state index contributed by atoms with van der Waals surface area (Å²) in [6.45, 7) is 1.85. The Hall–Kier alpha value is -1.66. The highest BCUT2D eigenvalue weighted by molar-refractivity contribution is 8.01. The smallest absolute Gasteiger partial charge is 0.313 e. The lowest BCUT2D eigenvalue weighted by Crippen LogP contribution is -2.13. The molecule has 12 heteroatoms. The first kappa shape index (κ1) is 15.7. The molecule has 2 aromatic rings. The number of anilines is 1. The number of nitrogens with zero attached hydrogens (tertiary/aromatic N) is 3. The normalized spacial score (nSPS) is 11.5. The summed E-state index contributed by atoms with van der Waals surface area (Å²) in [7, 11) is -3.81. The molecule has 0 amide bonds. The van der Waals surface area contributed by atoms with E-state index in [2.05, 4.69) is 24.9 Å². The predicted octanol–water partition coefficient (Wildman–Crippen LogP) is 0.801. The average Bonchev–Trinajstić information content (AvgIpc) is 3.04. The van der Waals surface area contributed by atoms with Gasteiger partial charge in [-0.3, -0.25) is 9.52 Å². The molecule has 0 aliphatic heterocycles. The number of carboxylic acid groups (broad SMARTS) is 1. The molecule has 3 N–H and O–H groups in total. The Bertz CT molecular complexity index is 738. The monoisotopic (exact) mass is 349 g/mol. The van der Waals surface area contributed by atoms with Gasteiger partial charge < -0.3 is 10.1 Å². The van der Waals surface area contributed by atoms with E-state index in [4.69, 9.17) is 5.11 Å². The van der Waals surface area contributed by atoms with Gasteiger partial charge in [0.1, 0.15) is 5.82 Å². The highest BCUT2D eigenvalue weighted by Gasteiger charge is 2.19. The number of imidazole rings is 1. The third kappa shape index (κ3) is 4.15. The van der Waals surface area contributed by atoms with Crippen molar-refractivity contribution in [2.24, 2.45) is 0 Å². The zero-order valence-electron chi connectivity index (χ0n) is 10.7. The number of nitrogens with one attached hydrogen (secondary N) is 2. The van der Waals surface area contributed by atoms with Gasteiger partial charge in [0.2, 0.25) is 5.13 Å². The van der Waals surface area contributed by atoms with E-state index >= 15 is 0 Å². The number of hydrogen-bond donors (Lipinski definition) is 3. The van der Waals surface area contributed by atoms with Crippen LogP contribution in [0.4, 0.5) is 5.13 Å². The summed E-state index contributed by atoms with van der Waals surface area (Å²) in [5.74, 6) is -0.589. The largest absolute Gasteiger partial charge is 0.481 e. The molecule has 0 aromatic carbocycles. The van der Waals surface area contributed by atoms with Gasteiger partial charge in [-0.05, 0) is 0 Å². The summed E-state index contributed by atoms with van der Waals surface area (Å²) in [6, 6.07) is 0. The number of thioether (sulfide) groups is 1. The van der Waals surface area contributed by atoms with Crippen molar-refractivity contribution in [3.63, 3.8) is 0 Å². The van der Waals surface area contributed by atoms with Crippen molar-refractivity contribution in [1.29, 1.82) is 0 Å². The first-order valence-electron chi connectivity index (χ1n) is 5.65. The molecule has 0 aliphatic rings. The molecular formula is C9H11N5O4S3. The van der Waals surface area contributed by atoms with Crippen LogP contribution in [0.25, 0.3) is 0 Å². The minimum atomic E-state index is -3.81. The van der Waals surface area contributed by atoms with E-state index in [0.29, 0.717) is 16.6 Å². The fourth-order valence-electron chi connectivity index (χ4n) is 1.26. The van der Waals surface area contributed by atoms with Crippen LogP contribution in [0.2, 0.25) is 0 Å². The van der Waals surface area contributed by atoms with E-state index in [1.807, 2.05) is 6.92 Å². The van der Waals surface area contributed by atoms with Gasteiger partial charge in [-0.15, -0.1) is 10.2 Å². The zero-order valence-corrected chi connectivity index (χ0v) is 13.2. The topological polar surface area (TPSA) is 138 Å². The second kappa shape index (κ2) is 6.41. The lowest BCUT2D eigenvalue weighted by Gasteiger charge is -2.00. The SMILES string of the molecule is CCc1ncc(S(=O)(=O)Nc2nnc(SCC(=O)O)s2)[nH]1. The Kier molecular flexibility index (Phi) is 4.80. The molecule has 0 saturated carbocycles. The van der Waals surface area contributed by atoms with Crippen LogP contribution >= 0.6 is 23.1 Å². The van der Waals surface area contributed by atoms with Crippen molar-refractivity contribution in [1.82, 2.24) is 20.2 Å². The number of aromatic amines is 1. The molecule has 0 unspecified atom stereocenters. The van der Waals surface area contributed by atoms with Gasteiger partial charge in [0.25, 0.3) is 10.0 Å². The van der Waals surface area contributed by atoms with Crippen molar-refractivity contribution in [2.75, 3.05) is 10.5 Å². The Morgan fingerprint density at radius 2 is 2.29 bits per heavy atom. The molecule has 0 radical (unpaired) electrons. The molecule has 2 aromatic heterocycles. The van der Waals surface area contributed by atoms with Crippen molar-refractivity contribution in [2.45, 2.75) is 22.7 Å². The van der Waals surface area contributed by atoms with Gasteiger partial charge in [-0.25, -0.2) is 4.98 Å². The highest BCUT2D eigenvalue weighted by Crippen LogP contribution is 2.26. The van der Waals surface area contributed by atoms with Gasteiger partial charge in [-0.2, -0.15) is 8.42 Å². The van der Waals surface area contributed by atoms with Crippen molar-refractivity contribution in [3.05, 3.63) is 12.0 Å². The molecule has 0 bridgehead atoms.